The van der Waals surface area contributed by atoms with E-state index in [2.05, 4.69) is 20.9 Å². The van der Waals surface area contributed by atoms with Crippen molar-refractivity contribution in [1.82, 2.24) is 10.9 Å². The molecule has 1 heterocycles. The summed E-state index contributed by atoms with van der Waals surface area (Å²) >= 11 is 11.8. The van der Waals surface area contributed by atoms with E-state index in [-0.39, 0.29) is 25.6 Å². The normalized spacial score (nSPS) is 10.9. The van der Waals surface area contributed by atoms with Gasteiger partial charge in [0.1, 0.15) is 10.0 Å². The SMILES string of the molecule is O=C(NNC(=S)Nc1ccc(F)c(Cl)c1)c1ccccc1NS(=O)(=O)c1cccs1. The molecule has 0 fully saturated rings. The van der Waals surface area contributed by atoms with Crippen molar-refractivity contribution < 1.29 is 17.6 Å². The molecule has 0 unspecified atom stereocenters. The number of hydrogen-bond donors (Lipinski definition) is 4. The summed E-state index contributed by atoms with van der Waals surface area (Å²) < 4.78 is 40.6. The Morgan fingerprint density at radius 3 is 2.53 bits per heavy atom. The number of nitrogens with one attached hydrogen (secondary N) is 4. The molecule has 0 saturated carbocycles. The molecule has 2 aromatic carbocycles. The molecule has 0 atom stereocenters. The van der Waals surface area contributed by atoms with Crippen molar-refractivity contribution >= 4 is 67.6 Å². The number of hydrogen-bond acceptors (Lipinski definition) is 5. The molecular weight excluding hydrogens is 471 g/mol. The highest BCUT2D eigenvalue weighted by Crippen LogP contribution is 2.23. The van der Waals surface area contributed by atoms with Crippen molar-refractivity contribution in [2.45, 2.75) is 4.21 Å². The van der Waals surface area contributed by atoms with Gasteiger partial charge >= 0.3 is 0 Å². The first-order valence-corrected chi connectivity index (χ1v) is 11.4. The third-order valence-corrected chi connectivity index (χ3v) is 6.90. The van der Waals surface area contributed by atoms with Crippen LogP contribution < -0.4 is 20.9 Å². The zero-order valence-electron chi connectivity index (χ0n) is 15.0. The van der Waals surface area contributed by atoms with Gasteiger partial charge in [-0.2, -0.15) is 0 Å². The van der Waals surface area contributed by atoms with Gasteiger partial charge in [-0.05, 0) is 54.0 Å². The summed E-state index contributed by atoms with van der Waals surface area (Å²) in [5, 5.41) is 4.30. The topological polar surface area (TPSA) is 99.3 Å². The van der Waals surface area contributed by atoms with Gasteiger partial charge < -0.3 is 5.32 Å². The molecule has 0 aliphatic carbocycles. The summed E-state index contributed by atoms with van der Waals surface area (Å²) in [5.74, 6) is -1.20. The van der Waals surface area contributed by atoms with Crippen LogP contribution in [-0.4, -0.2) is 19.4 Å². The van der Waals surface area contributed by atoms with Crippen LogP contribution in [0, 0.1) is 5.82 Å². The number of rotatable bonds is 5. The summed E-state index contributed by atoms with van der Waals surface area (Å²) in [6, 6.07) is 13.1. The van der Waals surface area contributed by atoms with Crippen LogP contribution in [0.25, 0.3) is 0 Å². The third kappa shape index (κ3) is 5.45. The van der Waals surface area contributed by atoms with Crippen LogP contribution in [-0.2, 0) is 10.0 Å². The van der Waals surface area contributed by atoms with E-state index in [1.807, 2.05) is 0 Å². The predicted molar refractivity (Wildman–Crippen MR) is 120 cm³/mol. The number of sulfonamides is 1. The number of halogens is 2. The van der Waals surface area contributed by atoms with Crippen LogP contribution in [0.4, 0.5) is 15.8 Å². The van der Waals surface area contributed by atoms with Crippen LogP contribution in [0.3, 0.4) is 0 Å². The Kier molecular flexibility index (Phi) is 6.87. The first-order valence-electron chi connectivity index (χ1n) is 8.24. The molecule has 1 aromatic heterocycles. The summed E-state index contributed by atoms with van der Waals surface area (Å²) in [5.41, 5.74) is 5.47. The second kappa shape index (κ2) is 9.39. The Morgan fingerprint density at radius 1 is 1.07 bits per heavy atom. The van der Waals surface area contributed by atoms with Crippen LogP contribution in [0.5, 0.6) is 0 Å². The second-order valence-corrected chi connectivity index (χ2v) is 9.42. The smallest absolute Gasteiger partial charge is 0.271 e. The highest BCUT2D eigenvalue weighted by atomic mass is 35.5. The highest BCUT2D eigenvalue weighted by Gasteiger charge is 2.19. The number of carbonyl (C=O) groups excluding carboxylic acids is 1. The van der Waals surface area contributed by atoms with Gasteiger partial charge in [-0.25, -0.2) is 12.8 Å². The summed E-state index contributed by atoms with van der Waals surface area (Å²) in [7, 11) is -3.82. The number of benzene rings is 2. The average molecular weight is 485 g/mol. The Morgan fingerprint density at radius 2 is 1.83 bits per heavy atom. The Bertz CT molecular complexity index is 1190. The fourth-order valence-electron chi connectivity index (χ4n) is 2.30. The molecule has 0 aliphatic heterocycles. The van der Waals surface area contributed by atoms with Gasteiger partial charge in [-0.1, -0.05) is 29.8 Å². The van der Waals surface area contributed by atoms with Crippen molar-refractivity contribution in [2.75, 3.05) is 10.0 Å². The Labute approximate surface area is 186 Å². The van der Waals surface area contributed by atoms with Gasteiger partial charge in [-0.15, -0.1) is 11.3 Å². The van der Waals surface area contributed by atoms with E-state index in [1.54, 1.807) is 23.6 Å². The lowest BCUT2D eigenvalue weighted by Gasteiger charge is -2.14. The van der Waals surface area contributed by atoms with E-state index in [1.165, 1.54) is 36.4 Å². The lowest BCUT2D eigenvalue weighted by Crippen LogP contribution is -2.44. The summed E-state index contributed by atoms with van der Waals surface area (Å²) in [4.78, 5) is 12.5. The maximum atomic E-state index is 13.2. The summed E-state index contributed by atoms with van der Waals surface area (Å²) in [6.45, 7) is 0. The molecule has 0 bridgehead atoms. The van der Waals surface area contributed by atoms with E-state index >= 15 is 0 Å². The number of amides is 1. The van der Waals surface area contributed by atoms with Crippen LogP contribution in [0.1, 0.15) is 10.4 Å². The number of para-hydroxylation sites is 1. The third-order valence-electron chi connectivity index (χ3n) is 3.64. The number of hydrazine groups is 1. The number of thiophene rings is 1. The van der Waals surface area contributed by atoms with Gasteiger partial charge in [0.05, 0.1) is 16.3 Å². The van der Waals surface area contributed by atoms with Gasteiger partial charge in [0, 0.05) is 5.69 Å². The molecule has 4 N–H and O–H groups in total. The van der Waals surface area contributed by atoms with Crippen molar-refractivity contribution in [3.63, 3.8) is 0 Å². The van der Waals surface area contributed by atoms with E-state index < -0.39 is 21.7 Å². The van der Waals surface area contributed by atoms with Gasteiger partial charge in [0.2, 0.25) is 0 Å². The molecule has 156 valence electrons. The lowest BCUT2D eigenvalue weighted by molar-refractivity contribution is 0.0945. The van der Waals surface area contributed by atoms with Gasteiger partial charge in [-0.3, -0.25) is 20.4 Å². The number of thiocarbonyl (C=S) groups is 1. The number of anilines is 2. The Hall–Kier alpha value is -2.73. The van der Waals surface area contributed by atoms with Crippen molar-refractivity contribution in [1.29, 1.82) is 0 Å². The molecule has 3 aromatic rings. The standard InChI is InChI=1S/C18H14ClFN4O3S3/c19-13-10-11(7-8-14(13)20)21-18(28)23-22-17(25)12-4-1-2-5-15(12)24-30(26,27)16-6-3-9-29-16/h1-10,24H,(H,22,25)(H2,21,23,28). The molecule has 0 aliphatic rings. The predicted octanol–water partition coefficient (Wildman–Crippen LogP) is 3.97. The maximum absolute atomic E-state index is 13.2. The fourth-order valence-corrected chi connectivity index (χ4v) is 4.72. The average Bonchev–Trinajstić information content (AvgIpc) is 3.25. The minimum atomic E-state index is -3.82. The van der Waals surface area contributed by atoms with Crippen molar-refractivity contribution in [3.05, 3.63) is 76.4 Å². The molecule has 0 spiro atoms. The first-order chi connectivity index (χ1) is 14.3. The fraction of sp³-hybridized carbons (Fsp3) is 0. The molecule has 7 nitrogen and oxygen atoms in total. The minimum Gasteiger partial charge on any atom is -0.331 e. The molecular formula is C18H14ClFN4O3S3. The first kappa shape index (κ1) is 22.0. The van der Waals surface area contributed by atoms with Crippen molar-refractivity contribution in [3.8, 4) is 0 Å². The van der Waals surface area contributed by atoms with Crippen LogP contribution in [0.15, 0.2) is 64.2 Å². The monoisotopic (exact) mass is 484 g/mol. The zero-order chi connectivity index (χ0) is 21.7. The molecule has 0 radical (unpaired) electrons. The Balaban J connectivity index is 1.66. The summed E-state index contributed by atoms with van der Waals surface area (Å²) in [6.07, 6.45) is 0. The second-order valence-electron chi connectivity index (χ2n) is 5.75. The van der Waals surface area contributed by atoms with Crippen LogP contribution in [0.2, 0.25) is 5.02 Å². The van der Waals surface area contributed by atoms with Gasteiger partial charge in [0.15, 0.2) is 5.11 Å². The van der Waals surface area contributed by atoms with E-state index in [4.69, 9.17) is 23.8 Å². The minimum absolute atomic E-state index is 0.0164. The molecule has 3 rings (SSSR count). The van der Waals surface area contributed by atoms with E-state index in [9.17, 15) is 17.6 Å². The molecule has 12 heteroatoms. The number of carbonyl (C=O) groups is 1. The quantitative estimate of drug-likeness (QED) is 0.323. The van der Waals surface area contributed by atoms with E-state index in [0.717, 1.165) is 11.3 Å². The lowest BCUT2D eigenvalue weighted by atomic mass is 10.2. The van der Waals surface area contributed by atoms with Crippen molar-refractivity contribution in [2.24, 2.45) is 0 Å². The van der Waals surface area contributed by atoms with Crippen LogP contribution >= 0.6 is 35.2 Å². The highest BCUT2D eigenvalue weighted by molar-refractivity contribution is 7.94. The molecule has 30 heavy (non-hydrogen) atoms. The zero-order valence-corrected chi connectivity index (χ0v) is 18.2. The maximum Gasteiger partial charge on any atom is 0.271 e. The van der Waals surface area contributed by atoms with Gasteiger partial charge in [0.25, 0.3) is 15.9 Å². The van der Waals surface area contributed by atoms with E-state index in [0.29, 0.717) is 5.69 Å². The molecule has 1 amide bonds. The largest absolute Gasteiger partial charge is 0.331 e. The molecule has 0 saturated heterocycles.